The first-order valence-corrected chi connectivity index (χ1v) is 10.6. The molecule has 0 saturated carbocycles. The molecule has 28 heavy (non-hydrogen) atoms. The molecule has 0 radical (unpaired) electrons. The lowest BCUT2D eigenvalue weighted by Crippen LogP contribution is -2.56. The summed E-state index contributed by atoms with van der Waals surface area (Å²) in [5, 5.41) is 7.36. The predicted octanol–water partition coefficient (Wildman–Crippen LogP) is 2.65. The first kappa shape index (κ1) is 17.9. The molecule has 1 spiro atoms. The number of nitrogens with one attached hydrogen (secondary N) is 2. The number of carbonyl (C=O) groups excluding carboxylic acids is 1. The lowest BCUT2D eigenvalue weighted by Gasteiger charge is -2.48. The van der Waals surface area contributed by atoms with Crippen LogP contribution in [0.25, 0.3) is 0 Å². The molecule has 0 aromatic heterocycles. The molecule has 2 unspecified atom stereocenters. The van der Waals surface area contributed by atoms with E-state index < -0.39 is 0 Å². The molecule has 2 fully saturated rings. The number of hydrogen-bond acceptors (Lipinski definition) is 3. The number of hydrogen-bond donors (Lipinski definition) is 2. The van der Waals surface area contributed by atoms with Crippen molar-refractivity contribution in [3.8, 4) is 0 Å². The number of piperidine rings is 1. The summed E-state index contributed by atoms with van der Waals surface area (Å²) in [6, 6.07) is 20.0. The van der Waals surface area contributed by atoms with E-state index in [4.69, 9.17) is 0 Å². The van der Waals surface area contributed by atoms with Crippen LogP contribution in [0.5, 0.6) is 0 Å². The minimum Gasteiger partial charge on any atom is -0.342 e. The van der Waals surface area contributed by atoms with Gasteiger partial charge in [0.1, 0.15) is 0 Å². The number of likely N-dealkylation sites (tertiary alicyclic amines) is 1. The first-order chi connectivity index (χ1) is 13.8. The number of amides is 1. The van der Waals surface area contributed by atoms with Crippen LogP contribution in [0.2, 0.25) is 0 Å². The van der Waals surface area contributed by atoms with Crippen LogP contribution in [0.1, 0.15) is 35.4 Å². The number of fused-ring (bicyclic) bond motifs is 2. The summed E-state index contributed by atoms with van der Waals surface area (Å²) in [5.41, 5.74) is 4.38. The predicted molar refractivity (Wildman–Crippen MR) is 111 cm³/mol. The van der Waals surface area contributed by atoms with Gasteiger partial charge in [0, 0.05) is 50.1 Å². The second-order valence-corrected chi connectivity index (χ2v) is 8.70. The van der Waals surface area contributed by atoms with E-state index >= 15 is 0 Å². The SMILES string of the molecule is O=CN1CC[C@H](c2ccccc2)CC1C1CNC[C@]12CNCc1ccccc12. The first-order valence-electron chi connectivity index (χ1n) is 10.6. The minimum absolute atomic E-state index is 0.0688. The second-order valence-electron chi connectivity index (χ2n) is 8.70. The highest BCUT2D eigenvalue weighted by atomic mass is 16.1. The van der Waals surface area contributed by atoms with Crippen molar-refractivity contribution in [2.75, 3.05) is 26.2 Å². The van der Waals surface area contributed by atoms with E-state index in [9.17, 15) is 4.79 Å². The molecule has 2 aromatic carbocycles. The van der Waals surface area contributed by atoms with Crippen LogP contribution in [0.4, 0.5) is 0 Å². The zero-order chi connectivity index (χ0) is 19.0. The minimum atomic E-state index is 0.0688. The Labute approximate surface area is 167 Å². The van der Waals surface area contributed by atoms with E-state index in [0.29, 0.717) is 11.8 Å². The molecule has 0 aliphatic carbocycles. The second kappa shape index (κ2) is 7.34. The van der Waals surface area contributed by atoms with Gasteiger partial charge in [-0.05, 0) is 35.4 Å². The molecular formula is C24H29N3O. The lowest BCUT2D eigenvalue weighted by atomic mass is 9.64. The van der Waals surface area contributed by atoms with Gasteiger partial charge in [-0.1, -0.05) is 54.6 Å². The van der Waals surface area contributed by atoms with Crippen LogP contribution in [0.3, 0.4) is 0 Å². The van der Waals surface area contributed by atoms with Crippen LogP contribution in [0.15, 0.2) is 54.6 Å². The molecule has 1 amide bonds. The third-order valence-electron chi connectivity index (χ3n) is 7.38. The van der Waals surface area contributed by atoms with Gasteiger partial charge in [0.25, 0.3) is 0 Å². The standard InChI is InChI=1S/C24H29N3O/c28-17-27-11-10-19(18-6-2-1-3-7-18)12-23(27)22-14-26-16-24(22)15-25-13-20-8-4-5-9-21(20)24/h1-9,17,19,22-23,25-26H,10-16H2/t19-,22?,23?,24-/m0/s1. The van der Waals surface area contributed by atoms with Gasteiger partial charge in [0.05, 0.1) is 0 Å². The van der Waals surface area contributed by atoms with Gasteiger partial charge in [-0.25, -0.2) is 0 Å². The van der Waals surface area contributed by atoms with E-state index in [1.54, 1.807) is 0 Å². The molecular weight excluding hydrogens is 346 g/mol. The molecule has 4 heteroatoms. The van der Waals surface area contributed by atoms with E-state index in [1.165, 1.54) is 16.7 Å². The third kappa shape index (κ3) is 2.87. The average Bonchev–Trinajstić information content (AvgIpc) is 3.18. The molecule has 0 bridgehead atoms. The Kier molecular flexibility index (Phi) is 4.69. The Morgan fingerprint density at radius 3 is 2.64 bits per heavy atom. The summed E-state index contributed by atoms with van der Waals surface area (Å²) in [7, 11) is 0. The quantitative estimate of drug-likeness (QED) is 0.811. The lowest BCUT2D eigenvalue weighted by molar-refractivity contribution is -0.123. The van der Waals surface area contributed by atoms with E-state index in [2.05, 4.69) is 70.1 Å². The maximum absolute atomic E-state index is 12.0. The van der Waals surface area contributed by atoms with Crippen LogP contribution < -0.4 is 10.6 Å². The molecule has 4 atom stereocenters. The largest absolute Gasteiger partial charge is 0.342 e. The highest BCUT2D eigenvalue weighted by Crippen LogP contribution is 2.45. The smallest absolute Gasteiger partial charge is 0.209 e. The topological polar surface area (TPSA) is 44.4 Å². The van der Waals surface area contributed by atoms with E-state index in [1.807, 2.05) is 0 Å². The van der Waals surface area contributed by atoms with Crippen LogP contribution in [0, 0.1) is 5.92 Å². The highest BCUT2D eigenvalue weighted by molar-refractivity contribution is 5.49. The van der Waals surface area contributed by atoms with Crippen molar-refractivity contribution < 1.29 is 4.79 Å². The van der Waals surface area contributed by atoms with Crippen LogP contribution in [-0.4, -0.2) is 43.5 Å². The summed E-state index contributed by atoms with van der Waals surface area (Å²) < 4.78 is 0. The molecule has 3 heterocycles. The van der Waals surface area contributed by atoms with Gasteiger partial charge in [-0.2, -0.15) is 0 Å². The van der Waals surface area contributed by atoms with Gasteiger partial charge < -0.3 is 15.5 Å². The number of nitrogens with zero attached hydrogens (tertiary/aromatic N) is 1. The van der Waals surface area contributed by atoms with Crippen LogP contribution >= 0.6 is 0 Å². The molecule has 2 N–H and O–H groups in total. The number of carbonyl (C=O) groups is 1. The van der Waals surface area contributed by atoms with Crippen molar-refractivity contribution in [1.29, 1.82) is 0 Å². The molecule has 2 saturated heterocycles. The monoisotopic (exact) mass is 375 g/mol. The van der Waals surface area contributed by atoms with Gasteiger partial charge in [-0.3, -0.25) is 4.79 Å². The molecule has 4 nitrogen and oxygen atoms in total. The molecule has 3 aliphatic heterocycles. The Balaban J connectivity index is 1.50. The maximum Gasteiger partial charge on any atom is 0.209 e. The van der Waals surface area contributed by atoms with Crippen molar-refractivity contribution in [2.45, 2.75) is 36.8 Å². The van der Waals surface area contributed by atoms with E-state index in [0.717, 1.165) is 52.0 Å². The van der Waals surface area contributed by atoms with Gasteiger partial charge in [0.2, 0.25) is 6.41 Å². The molecule has 2 aromatic rings. The van der Waals surface area contributed by atoms with Gasteiger partial charge in [0.15, 0.2) is 0 Å². The summed E-state index contributed by atoms with van der Waals surface area (Å²) in [4.78, 5) is 14.1. The van der Waals surface area contributed by atoms with Crippen molar-refractivity contribution in [2.24, 2.45) is 5.92 Å². The Bertz CT molecular complexity index is 839. The summed E-state index contributed by atoms with van der Waals surface area (Å²) in [5.74, 6) is 0.963. The Morgan fingerprint density at radius 2 is 1.79 bits per heavy atom. The van der Waals surface area contributed by atoms with Crippen molar-refractivity contribution in [1.82, 2.24) is 15.5 Å². The zero-order valence-corrected chi connectivity index (χ0v) is 16.3. The fourth-order valence-corrected chi connectivity index (χ4v) is 6.02. The number of rotatable bonds is 3. The van der Waals surface area contributed by atoms with Crippen molar-refractivity contribution in [3.63, 3.8) is 0 Å². The summed E-state index contributed by atoms with van der Waals surface area (Å²) in [6.45, 7) is 4.75. The highest BCUT2D eigenvalue weighted by Gasteiger charge is 2.51. The van der Waals surface area contributed by atoms with Gasteiger partial charge >= 0.3 is 0 Å². The van der Waals surface area contributed by atoms with Crippen molar-refractivity contribution >= 4 is 6.41 Å². The Hall–Kier alpha value is -2.17. The Morgan fingerprint density at radius 1 is 1.00 bits per heavy atom. The normalized spacial score (nSPS) is 32.3. The fraction of sp³-hybridized carbons (Fsp3) is 0.458. The average molecular weight is 376 g/mol. The number of benzene rings is 2. The molecule has 5 rings (SSSR count). The molecule has 146 valence electrons. The maximum atomic E-state index is 12.0. The summed E-state index contributed by atoms with van der Waals surface area (Å²) >= 11 is 0. The zero-order valence-electron chi connectivity index (χ0n) is 16.3. The van der Waals surface area contributed by atoms with Crippen molar-refractivity contribution in [3.05, 3.63) is 71.3 Å². The van der Waals surface area contributed by atoms with Gasteiger partial charge in [-0.15, -0.1) is 0 Å². The fourth-order valence-electron chi connectivity index (χ4n) is 6.02. The van der Waals surface area contributed by atoms with Crippen LogP contribution in [-0.2, 0) is 16.8 Å². The molecule has 3 aliphatic rings. The third-order valence-corrected chi connectivity index (χ3v) is 7.38. The van der Waals surface area contributed by atoms with E-state index in [-0.39, 0.29) is 11.5 Å². The summed E-state index contributed by atoms with van der Waals surface area (Å²) in [6.07, 6.45) is 3.21.